The van der Waals surface area contributed by atoms with Crippen LogP contribution in [-0.2, 0) is 9.59 Å². The Morgan fingerprint density at radius 1 is 0.714 bits per heavy atom. The second kappa shape index (κ2) is 11.9. The Morgan fingerprint density at radius 2 is 1.14 bits per heavy atom. The molecule has 2 amide bonds. The lowest BCUT2D eigenvalue weighted by Crippen LogP contribution is -2.77. The number of piperazine rings is 3. The number of benzene rings is 1. The van der Waals surface area contributed by atoms with Crippen molar-refractivity contribution in [2.45, 2.75) is 60.4 Å². The molecule has 3 heterocycles. The van der Waals surface area contributed by atoms with E-state index in [-0.39, 0.29) is 11.9 Å². The summed E-state index contributed by atoms with van der Waals surface area (Å²) in [4.78, 5) is 31.0. The van der Waals surface area contributed by atoms with Crippen LogP contribution in [0.1, 0.15) is 54.4 Å². The van der Waals surface area contributed by atoms with Crippen LogP contribution in [-0.4, -0.2) is 97.2 Å². The third-order valence-electron chi connectivity index (χ3n) is 8.21. The van der Waals surface area contributed by atoms with Crippen LogP contribution in [0.2, 0.25) is 0 Å². The fourth-order valence-electron chi connectivity index (χ4n) is 5.68. The molecule has 0 aromatic heterocycles. The highest BCUT2D eigenvalue weighted by molar-refractivity contribution is 5.94. The number of rotatable bonds is 12. The lowest BCUT2D eigenvalue weighted by Gasteiger charge is -2.55. The summed E-state index contributed by atoms with van der Waals surface area (Å²) in [6.45, 7) is 22.1. The van der Waals surface area contributed by atoms with Crippen molar-refractivity contribution in [3.8, 4) is 0 Å². The molecule has 4 rings (SSSR count). The number of fused-ring (bicyclic) bond motifs is 3. The predicted molar refractivity (Wildman–Crippen MR) is 144 cm³/mol. The molecule has 0 spiro atoms. The maximum atomic E-state index is 13.5. The zero-order valence-electron chi connectivity index (χ0n) is 23.2. The summed E-state index contributed by atoms with van der Waals surface area (Å²) >= 11 is 0. The van der Waals surface area contributed by atoms with Crippen LogP contribution < -0.4 is 4.90 Å². The van der Waals surface area contributed by atoms with Crippen LogP contribution in [0.5, 0.6) is 0 Å². The number of hydrogen-bond donors (Lipinski definition) is 0. The molecule has 6 heteroatoms. The fourth-order valence-corrected chi connectivity index (χ4v) is 5.68. The van der Waals surface area contributed by atoms with Gasteiger partial charge in [0, 0.05) is 24.8 Å². The van der Waals surface area contributed by atoms with Gasteiger partial charge in [0.15, 0.2) is 13.1 Å². The molecule has 0 unspecified atom stereocenters. The summed E-state index contributed by atoms with van der Waals surface area (Å²) in [7, 11) is 0. The highest BCUT2D eigenvalue weighted by Gasteiger charge is 2.51. The summed E-state index contributed by atoms with van der Waals surface area (Å²) < 4.78 is 1.80. The van der Waals surface area contributed by atoms with Crippen LogP contribution in [0.15, 0.2) is 30.3 Å². The fraction of sp³-hybridized carbons (Fsp3) is 0.724. The minimum absolute atomic E-state index is 0.132. The molecule has 3 aliphatic heterocycles. The molecule has 0 aliphatic carbocycles. The van der Waals surface area contributed by atoms with Gasteiger partial charge in [-0.1, -0.05) is 45.9 Å². The molecule has 1 aromatic rings. The summed E-state index contributed by atoms with van der Waals surface area (Å²) in [6, 6.07) is 10.2. The van der Waals surface area contributed by atoms with Crippen molar-refractivity contribution >= 4 is 17.5 Å². The van der Waals surface area contributed by atoms with Crippen molar-refractivity contribution in [2.75, 3.05) is 70.3 Å². The molecule has 3 aliphatic rings. The molecule has 0 atom stereocenters. The maximum absolute atomic E-state index is 13.5. The number of carbonyl (C=O) groups is 2. The molecule has 0 N–H and O–H groups in total. The van der Waals surface area contributed by atoms with Crippen molar-refractivity contribution < 1.29 is 18.6 Å². The molecule has 0 radical (unpaired) electrons. The topological polar surface area (TPSA) is 40.6 Å². The van der Waals surface area contributed by atoms with E-state index < -0.39 is 0 Å². The first-order valence-corrected chi connectivity index (χ1v) is 13.9. The Labute approximate surface area is 214 Å². The number of para-hydroxylation sites is 1. The number of amides is 2. The summed E-state index contributed by atoms with van der Waals surface area (Å²) in [5, 5.41) is 0. The Balaban J connectivity index is 1.61. The van der Waals surface area contributed by atoms with Crippen LogP contribution >= 0.6 is 0 Å². The van der Waals surface area contributed by atoms with Gasteiger partial charge < -0.3 is 18.8 Å². The van der Waals surface area contributed by atoms with Crippen LogP contribution in [0, 0.1) is 11.8 Å². The number of quaternary nitrogens is 2. The van der Waals surface area contributed by atoms with Gasteiger partial charge in [0.25, 0.3) is 11.8 Å². The van der Waals surface area contributed by atoms with Gasteiger partial charge in [0.1, 0.15) is 39.3 Å². The lowest BCUT2D eigenvalue weighted by atomic mass is 10.1. The standard InChI is InChI=1S/C29H50N4O2/c1-24(2)12-14-30(15-13-25(3)4)28(34)22-32-16-19-33(20-17-32,21-18-32)23-29(35)31(26(5)6)27-10-8-7-9-11-27/h7-11,24-26H,12-23H2,1-6H3/q+2. The first kappa shape index (κ1) is 27.7. The van der Waals surface area contributed by atoms with E-state index in [0.717, 1.165) is 79.9 Å². The highest BCUT2D eigenvalue weighted by Crippen LogP contribution is 2.28. The summed E-state index contributed by atoms with van der Waals surface area (Å²) in [5.41, 5.74) is 0.985. The SMILES string of the molecule is CC(C)CCN(CCC(C)C)C(=O)C[N+]12CC[N+](CC(=O)N(c3ccccc3)C(C)C)(CC1)CC2. The molecular weight excluding hydrogens is 436 g/mol. The number of nitrogens with zero attached hydrogens (tertiary/aromatic N) is 4. The van der Waals surface area contributed by atoms with Crippen LogP contribution in [0.3, 0.4) is 0 Å². The van der Waals surface area contributed by atoms with Gasteiger partial charge in [-0.15, -0.1) is 0 Å². The quantitative estimate of drug-likeness (QED) is 0.419. The smallest absolute Gasteiger partial charge is 0.282 e. The number of hydrogen-bond acceptors (Lipinski definition) is 2. The minimum Gasteiger partial charge on any atom is -0.338 e. The third kappa shape index (κ3) is 7.29. The largest absolute Gasteiger partial charge is 0.338 e. The van der Waals surface area contributed by atoms with Crippen molar-refractivity contribution in [1.29, 1.82) is 0 Å². The second-order valence-electron chi connectivity index (χ2n) is 12.3. The first-order chi connectivity index (χ1) is 16.5. The molecule has 3 fully saturated rings. The van der Waals surface area contributed by atoms with E-state index in [4.69, 9.17) is 0 Å². The molecule has 1 aromatic carbocycles. The van der Waals surface area contributed by atoms with E-state index >= 15 is 0 Å². The van der Waals surface area contributed by atoms with Crippen molar-refractivity contribution in [1.82, 2.24) is 4.90 Å². The van der Waals surface area contributed by atoms with E-state index in [1.165, 1.54) is 0 Å². The predicted octanol–water partition coefficient (Wildman–Crippen LogP) is 4.01. The van der Waals surface area contributed by atoms with E-state index in [1.54, 1.807) is 0 Å². The van der Waals surface area contributed by atoms with Crippen molar-refractivity contribution in [2.24, 2.45) is 11.8 Å². The van der Waals surface area contributed by atoms with Gasteiger partial charge in [-0.3, -0.25) is 9.59 Å². The number of anilines is 1. The third-order valence-corrected chi connectivity index (χ3v) is 8.21. The normalized spacial score (nSPS) is 23.8. The van der Waals surface area contributed by atoms with E-state index in [9.17, 15) is 9.59 Å². The molecular formula is C29H50N4O2+2. The summed E-state index contributed by atoms with van der Waals surface area (Å²) in [6.07, 6.45) is 2.14. The van der Waals surface area contributed by atoms with Gasteiger partial charge in [0.2, 0.25) is 0 Å². The van der Waals surface area contributed by atoms with Gasteiger partial charge in [0.05, 0.1) is 0 Å². The van der Waals surface area contributed by atoms with E-state index in [2.05, 4.69) is 46.4 Å². The molecule has 6 nitrogen and oxygen atoms in total. The van der Waals surface area contributed by atoms with Gasteiger partial charge in [-0.05, 0) is 50.7 Å². The Hall–Kier alpha value is -1.92. The molecule has 2 bridgehead atoms. The zero-order valence-corrected chi connectivity index (χ0v) is 23.2. The molecule has 0 saturated carbocycles. The number of carbonyl (C=O) groups excluding carboxylic acids is 2. The lowest BCUT2D eigenvalue weighted by molar-refractivity contribution is -1.07. The zero-order chi connectivity index (χ0) is 25.6. The van der Waals surface area contributed by atoms with Gasteiger partial charge in [-0.2, -0.15) is 0 Å². The van der Waals surface area contributed by atoms with E-state index in [0.29, 0.717) is 30.8 Å². The highest BCUT2D eigenvalue weighted by atomic mass is 16.2. The average Bonchev–Trinajstić information content (AvgIpc) is 2.80. The monoisotopic (exact) mass is 486 g/mol. The average molecular weight is 487 g/mol. The summed E-state index contributed by atoms with van der Waals surface area (Å²) in [5.74, 6) is 1.77. The van der Waals surface area contributed by atoms with Crippen molar-refractivity contribution in [3.05, 3.63) is 30.3 Å². The minimum atomic E-state index is 0.132. The van der Waals surface area contributed by atoms with Crippen LogP contribution in [0.4, 0.5) is 5.69 Å². The Kier molecular flexibility index (Phi) is 9.39. The molecule has 196 valence electrons. The maximum Gasteiger partial charge on any atom is 0.282 e. The Morgan fingerprint density at radius 3 is 1.54 bits per heavy atom. The molecule has 3 saturated heterocycles. The van der Waals surface area contributed by atoms with E-state index in [1.807, 2.05) is 35.2 Å². The molecule has 35 heavy (non-hydrogen) atoms. The van der Waals surface area contributed by atoms with Gasteiger partial charge >= 0.3 is 0 Å². The first-order valence-electron chi connectivity index (χ1n) is 13.9. The second-order valence-corrected chi connectivity index (χ2v) is 12.3. The van der Waals surface area contributed by atoms with Crippen LogP contribution in [0.25, 0.3) is 0 Å². The Bertz CT molecular complexity index is 800. The van der Waals surface area contributed by atoms with Crippen molar-refractivity contribution in [3.63, 3.8) is 0 Å². The van der Waals surface area contributed by atoms with Gasteiger partial charge in [-0.25, -0.2) is 0 Å².